The quantitative estimate of drug-likeness (QED) is 0.754. The largest absolute Gasteiger partial charge is 0.227 e. The summed E-state index contributed by atoms with van der Waals surface area (Å²) in [5, 5.41) is 19.5. The standard InChI is InChI=1S/C10H11N5S/c1-10(2,3)8-7(6-11)13-14-15(8)9-12-4-5-16-9/h4-5H,1-3H3. The van der Waals surface area contributed by atoms with Crippen LogP contribution in [-0.4, -0.2) is 20.0 Å². The van der Waals surface area contributed by atoms with Gasteiger partial charge in [0.1, 0.15) is 6.07 Å². The normalized spacial score (nSPS) is 11.4. The second kappa shape index (κ2) is 3.68. The third-order valence-electron chi connectivity index (χ3n) is 2.09. The molecule has 0 N–H and O–H groups in total. The topological polar surface area (TPSA) is 67.4 Å². The van der Waals surface area contributed by atoms with Gasteiger partial charge >= 0.3 is 0 Å². The highest BCUT2D eigenvalue weighted by Gasteiger charge is 2.26. The van der Waals surface area contributed by atoms with Crippen LogP contribution in [0, 0.1) is 11.3 Å². The van der Waals surface area contributed by atoms with Gasteiger partial charge in [-0.05, 0) is 0 Å². The summed E-state index contributed by atoms with van der Waals surface area (Å²) < 4.78 is 1.64. The van der Waals surface area contributed by atoms with Crippen molar-refractivity contribution in [3.05, 3.63) is 23.0 Å². The lowest BCUT2D eigenvalue weighted by atomic mass is 9.90. The molecule has 0 fully saturated rings. The molecule has 0 bridgehead atoms. The van der Waals surface area contributed by atoms with E-state index in [2.05, 4.69) is 21.4 Å². The summed E-state index contributed by atoms with van der Waals surface area (Å²) in [5.74, 6) is 0. The number of hydrogen-bond donors (Lipinski definition) is 0. The van der Waals surface area contributed by atoms with Gasteiger partial charge in [-0.15, -0.1) is 16.4 Å². The Morgan fingerprint density at radius 1 is 1.44 bits per heavy atom. The molecular formula is C10H11N5S. The van der Waals surface area contributed by atoms with Crippen molar-refractivity contribution in [2.75, 3.05) is 0 Å². The van der Waals surface area contributed by atoms with Crippen molar-refractivity contribution in [2.45, 2.75) is 26.2 Å². The van der Waals surface area contributed by atoms with Crippen molar-refractivity contribution in [1.29, 1.82) is 5.26 Å². The van der Waals surface area contributed by atoms with E-state index >= 15 is 0 Å². The van der Waals surface area contributed by atoms with Crippen LogP contribution in [0.5, 0.6) is 0 Å². The number of rotatable bonds is 1. The lowest BCUT2D eigenvalue weighted by Crippen LogP contribution is -2.18. The minimum absolute atomic E-state index is 0.194. The van der Waals surface area contributed by atoms with Crippen LogP contribution in [0.25, 0.3) is 5.13 Å². The average molecular weight is 233 g/mol. The Balaban J connectivity index is 2.65. The second-order valence-electron chi connectivity index (χ2n) is 4.37. The first-order valence-corrected chi connectivity index (χ1v) is 5.68. The fraction of sp³-hybridized carbons (Fsp3) is 0.400. The van der Waals surface area contributed by atoms with Gasteiger partial charge in [-0.3, -0.25) is 0 Å². The highest BCUT2D eigenvalue weighted by molar-refractivity contribution is 7.12. The van der Waals surface area contributed by atoms with E-state index < -0.39 is 0 Å². The number of thiazole rings is 1. The van der Waals surface area contributed by atoms with E-state index in [0.717, 1.165) is 10.8 Å². The Morgan fingerprint density at radius 2 is 2.19 bits per heavy atom. The van der Waals surface area contributed by atoms with Gasteiger partial charge in [-0.25, -0.2) is 4.98 Å². The molecule has 0 aliphatic rings. The molecular weight excluding hydrogens is 222 g/mol. The van der Waals surface area contributed by atoms with Crippen LogP contribution in [0.3, 0.4) is 0 Å². The minimum atomic E-state index is -0.194. The molecule has 0 saturated carbocycles. The summed E-state index contributed by atoms with van der Waals surface area (Å²) in [6.07, 6.45) is 1.71. The molecule has 2 aromatic heterocycles. The van der Waals surface area contributed by atoms with Gasteiger partial charge in [0.2, 0.25) is 5.13 Å². The first kappa shape index (κ1) is 10.8. The molecule has 5 nitrogen and oxygen atoms in total. The van der Waals surface area contributed by atoms with Gasteiger partial charge in [-0.2, -0.15) is 9.94 Å². The van der Waals surface area contributed by atoms with Gasteiger partial charge in [0.15, 0.2) is 5.69 Å². The lowest BCUT2D eigenvalue weighted by molar-refractivity contribution is 0.541. The number of hydrogen-bond acceptors (Lipinski definition) is 5. The zero-order valence-electron chi connectivity index (χ0n) is 9.30. The zero-order chi connectivity index (χ0) is 11.8. The molecule has 6 heteroatoms. The Kier molecular flexibility index (Phi) is 2.48. The molecule has 0 spiro atoms. The third-order valence-corrected chi connectivity index (χ3v) is 2.83. The minimum Gasteiger partial charge on any atom is -0.227 e. The van der Waals surface area contributed by atoms with Gasteiger partial charge < -0.3 is 0 Å². The Bertz CT molecular complexity index is 527. The van der Waals surface area contributed by atoms with E-state index in [9.17, 15) is 0 Å². The fourth-order valence-electron chi connectivity index (χ4n) is 1.48. The smallest absolute Gasteiger partial charge is 0.211 e. The number of nitriles is 1. The van der Waals surface area contributed by atoms with Crippen LogP contribution < -0.4 is 0 Å². The van der Waals surface area contributed by atoms with Crippen LogP contribution >= 0.6 is 11.3 Å². The van der Waals surface area contributed by atoms with Crippen LogP contribution in [0.1, 0.15) is 32.2 Å². The van der Waals surface area contributed by atoms with Crippen molar-refractivity contribution >= 4 is 11.3 Å². The van der Waals surface area contributed by atoms with E-state index in [4.69, 9.17) is 5.26 Å². The summed E-state index contributed by atoms with van der Waals surface area (Å²) in [6, 6.07) is 2.07. The molecule has 0 saturated heterocycles. The van der Waals surface area contributed by atoms with Crippen LogP contribution in [0.15, 0.2) is 11.6 Å². The van der Waals surface area contributed by atoms with Crippen molar-refractivity contribution < 1.29 is 0 Å². The molecule has 0 aromatic carbocycles. The van der Waals surface area contributed by atoms with Gasteiger partial charge in [-0.1, -0.05) is 26.0 Å². The van der Waals surface area contributed by atoms with Crippen molar-refractivity contribution in [1.82, 2.24) is 20.0 Å². The molecule has 0 atom stereocenters. The van der Waals surface area contributed by atoms with E-state index in [1.165, 1.54) is 11.3 Å². The van der Waals surface area contributed by atoms with E-state index in [-0.39, 0.29) is 5.41 Å². The summed E-state index contributed by atoms with van der Waals surface area (Å²) >= 11 is 1.47. The molecule has 2 rings (SSSR count). The SMILES string of the molecule is CC(C)(C)c1c(C#N)nnn1-c1nccs1. The van der Waals surface area contributed by atoms with Gasteiger partial charge in [0.25, 0.3) is 0 Å². The van der Waals surface area contributed by atoms with E-state index in [1.54, 1.807) is 10.9 Å². The number of nitrogens with zero attached hydrogens (tertiary/aromatic N) is 5. The molecule has 0 aliphatic carbocycles. The molecule has 2 heterocycles. The Morgan fingerprint density at radius 3 is 2.69 bits per heavy atom. The maximum Gasteiger partial charge on any atom is 0.211 e. The Labute approximate surface area is 97.4 Å². The monoisotopic (exact) mass is 233 g/mol. The molecule has 0 aliphatic heterocycles. The van der Waals surface area contributed by atoms with Crippen molar-refractivity contribution in [3.63, 3.8) is 0 Å². The van der Waals surface area contributed by atoms with E-state index in [1.807, 2.05) is 26.2 Å². The van der Waals surface area contributed by atoms with Crippen LogP contribution in [0.2, 0.25) is 0 Å². The highest BCUT2D eigenvalue weighted by Crippen LogP contribution is 2.27. The second-order valence-corrected chi connectivity index (χ2v) is 5.25. The lowest BCUT2D eigenvalue weighted by Gasteiger charge is -2.18. The predicted octanol–water partition coefficient (Wildman–Crippen LogP) is 1.89. The maximum atomic E-state index is 9.01. The average Bonchev–Trinajstić information content (AvgIpc) is 2.84. The van der Waals surface area contributed by atoms with Crippen molar-refractivity contribution in [3.8, 4) is 11.2 Å². The van der Waals surface area contributed by atoms with Crippen LogP contribution in [-0.2, 0) is 5.41 Å². The summed E-state index contributed by atoms with van der Waals surface area (Å²) in [7, 11) is 0. The molecule has 0 radical (unpaired) electrons. The van der Waals surface area contributed by atoms with Crippen molar-refractivity contribution in [2.24, 2.45) is 0 Å². The first-order valence-electron chi connectivity index (χ1n) is 4.80. The van der Waals surface area contributed by atoms with Gasteiger partial charge in [0.05, 0.1) is 5.69 Å². The molecule has 2 aromatic rings. The summed E-state index contributed by atoms with van der Waals surface area (Å²) in [4.78, 5) is 4.18. The van der Waals surface area contributed by atoms with E-state index in [0.29, 0.717) is 5.69 Å². The molecule has 0 unspecified atom stereocenters. The molecule has 82 valence electrons. The number of aromatic nitrogens is 4. The fourth-order valence-corrected chi connectivity index (χ4v) is 2.08. The third kappa shape index (κ3) is 1.70. The summed E-state index contributed by atoms with van der Waals surface area (Å²) in [6.45, 7) is 6.07. The maximum absolute atomic E-state index is 9.01. The Hall–Kier alpha value is -1.74. The molecule has 16 heavy (non-hydrogen) atoms. The predicted molar refractivity (Wildman–Crippen MR) is 60.4 cm³/mol. The highest BCUT2D eigenvalue weighted by atomic mass is 32.1. The van der Waals surface area contributed by atoms with Crippen LogP contribution in [0.4, 0.5) is 0 Å². The molecule has 0 amide bonds. The zero-order valence-corrected chi connectivity index (χ0v) is 10.1. The first-order chi connectivity index (χ1) is 7.54. The van der Waals surface area contributed by atoms with Gasteiger partial charge in [0, 0.05) is 17.0 Å². The summed E-state index contributed by atoms with van der Waals surface area (Å²) in [5.41, 5.74) is 0.966.